The molecule has 0 unspecified atom stereocenters. The van der Waals surface area contributed by atoms with Crippen LogP contribution in [0.5, 0.6) is 11.6 Å². The highest BCUT2D eigenvalue weighted by Gasteiger charge is 2.24. The van der Waals surface area contributed by atoms with E-state index in [-0.39, 0.29) is 0 Å². The van der Waals surface area contributed by atoms with Gasteiger partial charge >= 0.3 is 0 Å². The van der Waals surface area contributed by atoms with Crippen LogP contribution in [0.3, 0.4) is 0 Å². The SMILES string of the molecule is Nc1ccc2ccccc2c1-c1ncc2c(n1)O2. The van der Waals surface area contributed by atoms with Gasteiger partial charge in [-0.25, -0.2) is 4.98 Å². The number of nitrogens with two attached hydrogens (primary N) is 1. The van der Waals surface area contributed by atoms with Gasteiger partial charge in [0.2, 0.25) is 5.75 Å². The lowest BCUT2D eigenvalue weighted by Gasteiger charge is -2.07. The van der Waals surface area contributed by atoms with Gasteiger partial charge in [0.1, 0.15) is 0 Å². The maximum atomic E-state index is 6.06. The lowest BCUT2D eigenvalue weighted by molar-refractivity contribution is 0.635. The van der Waals surface area contributed by atoms with Crippen molar-refractivity contribution in [1.82, 2.24) is 9.97 Å². The summed E-state index contributed by atoms with van der Waals surface area (Å²) in [5.74, 6) is 2.01. The number of ether oxygens (including phenoxy) is 1. The fraction of sp³-hybridized carbons (Fsp3) is 0. The van der Waals surface area contributed by atoms with Crippen LogP contribution in [0.25, 0.3) is 22.2 Å². The zero-order valence-corrected chi connectivity index (χ0v) is 9.42. The van der Waals surface area contributed by atoms with Crippen LogP contribution in [0.2, 0.25) is 0 Å². The second kappa shape index (κ2) is 3.20. The minimum absolute atomic E-state index is 0.612. The molecule has 4 rings (SSSR count). The van der Waals surface area contributed by atoms with Crippen molar-refractivity contribution in [2.45, 2.75) is 0 Å². The normalized spacial score (nSPS) is 12.0. The molecule has 1 aliphatic heterocycles. The third-order valence-corrected chi connectivity index (χ3v) is 3.07. The van der Waals surface area contributed by atoms with Gasteiger partial charge in [-0.1, -0.05) is 30.3 Å². The summed E-state index contributed by atoms with van der Waals surface area (Å²) in [5, 5.41) is 2.18. The van der Waals surface area contributed by atoms with Crippen molar-refractivity contribution in [3.05, 3.63) is 42.6 Å². The zero-order chi connectivity index (χ0) is 12.1. The van der Waals surface area contributed by atoms with Gasteiger partial charge in [0.25, 0.3) is 5.88 Å². The van der Waals surface area contributed by atoms with Gasteiger partial charge < -0.3 is 10.5 Å². The predicted molar refractivity (Wildman–Crippen MR) is 69.5 cm³/mol. The molecule has 0 aliphatic carbocycles. The molecule has 0 amide bonds. The average molecular weight is 235 g/mol. The fourth-order valence-electron chi connectivity index (χ4n) is 2.14. The minimum atomic E-state index is 0.612. The summed E-state index contributed by atoms with van der Waals surface area (Å²) in [4.78, 5) is 8.63. The first kappa shape index (κ1) is 9.41. The van der Waals surface area contributed by atoms with E-state index in [4.69, 9.17) is 10.5 Å². The maximum absolute atomic E-state index is 6.06. The highest BCUT2D eigenvalue weighted by atomic mass is 16.6. The zero-order valence-electron chi connectivity index (χ0n) is 9.42. The average Bonchev–Trinajstić information content (AvgIpc) is 3.17. The first-order valence-electron chi connectivity index (χ1n) is 5.65. The summed E-state index contributed by atoms with van der Waals surface area (Å²) in [6, 6.07) is 11.9. The van der Waals surface area contributed by atoms with Crippen LogP contribution >= 0.6 is 0 Å². The predicted octanol–water partition coefficient (Wildman–Crippen LogP) is 2.98. The Balaban J connectivity index is 2.07. The van der Waals surface area contributed by atoms with Crippen molar-refractivity contribution in [2.24, 2.45) is 0 Å². The second-order valence-electron chi connectivity index (χ2n) is 4.22. The molecule has 2 heterocycles. The van der Waals surface area contributed by atoms with Gasteiger partial charge in [-0.2, -0.15) is 4.98 Å². The van der Waals surface area contributed by atoms with Gasteiger partial charge in [-0.05, 0) is 16.8 Å². The maximum Gasteiger partial charge on any atom is 0.267 e. The Kier molecular flexibility index (Phi) is 1.67. The molecule has 0 atom stereocenters. The lowest BCUT2D eigenvalue weighted by atomic mass is 10.0. The highest BCUT2D eigenvalue weighted by molar-refractivity contribution is 6.00. The van der Waals surface area contributed by atoms with E-state index in [0.29, 0.717) is 17.4 Å². The van der Waals surface area contributed by atoms with E-state index in [2.05, 4.69) is 9.97 Å². The number of hydrogen-bond donors (Lipinski definition) is 1. The number of hydrogen-bond acceptors (Lipinski definition) is 4. The van der Waals surface area contributed by atoms with Gasteiger partial charge in [0.05, 0.1) is 11.8 Å². The molecule has 0 fully saturated rings. The van der Waals surface area contributed by atoms with E-state index >= 15 is 0 Å². The Morgan fingerprint density at radius 1 is 1.06 bits per heavy atom. The standard InChI is InChI=1S/C14H9N3O/c15-10-6-5-8-3-1-2-4-9(8)12(10)13-16-7-11-14(17-13)18-11/h1-7H,15H2. The summed E-state index contributed by atoms with van der Waals surface area (Å²) in [6.07, 6.45) is 1.68. The number of benzene rings is 2. The van der Waals surface area contributed by atoms with E-state index in [1.165, 1.54) is 0 Å². The largest absolute Gasteiger partial charge is 0.428 e. The van der Waals surface area contributed by atoms with Crippen LogP contribution in [-0.4, -0.2) is 9.97 Å². The fourth-order valence-corrected chi connectivity index (χ4v) is 2.14. The van der Waals surface area contributed by atoms with Crippen LogP contribution in [0, 0.1) is 0 Å². The summed E-state index contributed by atoms with van der Waals surface area (Å²) < 4.78 is 5.14. The van der Waals surface area contributed by atoms with Crippen molar-refractivity contribution in [1.29, 1.82) is 0 Å². The van der Waals surface area contributed by atoms with E-state index in [0.717, 1.165) is 22.1 Å². The van der Waals surface area contributed by atoms with Gasteiger partial charge in [-0.3, -0.25) is 0 Å². The number of nitrogens with zero attached hydrogens (tertiary/aromatic N) is 2. The Morgan fingerprint density at radius 2 is 1.94 bits per heavy atom. The molecular weight excluding hydrogens is 226 g/mol. The summed E-state index contributed by atoms with van der Waals surface area (Å²) in [7, 11) is 0. The first-order chi connectivity index (χ1) is 8.83. The summed E-state index contributed by atoms with van der Waals surface area (Å²) in [5.41, 5.74) is 7.61. The Labute approximate surface area is 103 Å². The third-order valence-electron chi connectivity index (χ3n) is 3.07. The third kappa shape index (κ3) is 1.26. The molecule has 2 N–H and O–H groups in total. The van der Waals surface area contributed by atoms with E-state index in [1.54, 1.807) is 6.20 Å². The van der Waals surface area contributed by atoms with Crippen LogP contribution in [0.15, 0.2) is 42.6 Å². The minimum Gasteiger partial charge on any atom is -0.428 e. The number of rotatable bonds is 1. The Hall–Kier alpha value is -2.62. The van der Waals surface area contributed by atoms with Crippen LogP contribution in [0.1, 0.15) is 0 Å². The topological polar surface area (TPSA) is 64.3 Å². The smallest absolute Gasteiger partial charge is 0.267 e. The second-order valence-corrected chi connectivity index (χ2v) is 4.22. The Bertz CT molecular complexity index is 783. The molecule has 2 aromatic carbocycles. The summed E-state index contributed by atoms with van der Waals surface area (Å²) in [6.45, 7) is 0. The molecule has 4 nitrogen and oxygen atoms in total. The van der Waals surface area contributed by atoms with Crippen LogP contribution < -0.4 is 10.5 Å². The van der Waals surface area contributed by atoms with E-state index in [9.17, 15) is 0 Å². The van der Waals surface area contributed by atoms with E-state index < -0.39 is 0 Å². The van der Waals surface area contributed by atoms with Crippen LogP contribution in [-0.2, 0) is 0 Å². The number of aromatic nitrogens is 2. The van der Waals surface area contributed by atoms with Gasteiger partial charge in [0.15, 0.2) is 5.82 Å². The molecule has 0 saturated heterocycles. The molecule has 0 spiro atoms. The molecule has 4 heteroatoms. The molecule has 3 aromatic rings. The highest BCUT2D eigenvalue weighted by Crippen LogP contribution is 2.44. The molecule has 1 aliphatic rings. The quantitative estimate of drug-likeness (QED) is 0.407. The molecule has 1 aromatic heterocycles. The van der Waals surface area contributed by atoms with Gasteiger partial charge in [-0.15, -0.1) is 0 Å². The molecular formula is C14H9N3O. The molecule has 86 valence electrons. The first-order valence-corrected chi connectivity index (χ1v) is 5.65. The molecule has 18 heavy (non-hydrogen) atoms. The van der Waals surface area contributed by atoms with E-state index in [1.807, 2.05) is 36.4 Å². The monoisotopic (exact) mass is 235 g/mol. The van der Waals surface area contributed by atoms with Crippen LogP contribution in [0.4, 0.5) is 5.69 Å². The number of fused-ring (bicyclic) bond motifs is 2. The van der Waals surface area contributed by atoms with Crippen molar-refractivity contribution in [3.63, 3.8) is 0 Å². The van der Waals surface area contributed by atoms with Crippen molar-refractivity contribution < 1.29 is 4.74 Å². The number of anilines is 1. The molecule has 0 saturated carbocycles. The van der Waals surface area contributed by atoms with Crippen molar-refractivity contribution >= 4 is 16.5 Å². The molecule has 0 bridgehead atoms. The molecule has 0 radical (unpaired) electrons. The van der Waals surface area contributed by atoms with Crippen molar-refractivity contribution in [3.8, 4) is 23.0 Å². The lowest BCUT2D eigenvalue weighted by Crippen LogP contribution is -1.94. The summed E-state index contributed by atoms with van der Waals surface area (Å²) >= 11 is 0. The van der Waals surface area contributed by atoms with Gasteiger partial charge in [0, 0.05) is 5.69 Å². The van der Waals surface area contributed by atoms with Crippen molar-refractivity contribution in [2.75, 3.05) is 5.73 Å². The number of nitrogen functional groups attached to an aromatic ring is 1. The Morgan fingerprint density at radius 3 is 2.83 bits per heavy atom.